The molecule has 0 aliphatic heterocycles. The molecule has 0 fully saturated rings. The van der Waals surface area contributed by atoms with Crippen molar-refractivity contribution in [2.75, 3.05) is 7.11 Å². The lowest BCUT2D eigenvalue weighted by Crippen LogP contribution is -2.19. The lowest BCUT2D eigenvalue weighted by atomic mass is 9.81. The molecule has 0 amide bonds. The number of methoxy groups -OCH3 is 1. The van der Waals surface area contributed by atoms with Gasteiger partial charge in [0, 0.05) is 6.42 Å². The highest BCUT2D eigenvalue weighted by Crippen LogP contribution is 2.36. The molecule has 0 saturated carbocycles. The van der Waals surface area contributed by atoms with E-state index in [-0.39, 0.29) is 11.4 Å². The second-order valence-corrected chi connectivity index (χ2v) is 5.97. The van der Waals surface area contributed by atoms with Crippen LogP contribution in [0.3, 0.4) is 0 Å². The van der Waals surface area contributed by atoms with Crippen LogP contribution in [0.25, 0.3) is 0 Å². The number of ketones is 1. The van der Waals surface area contributed by atoms with Crippen molar-refractivity contribution in [2.45, 2.75) is 64.7 Å². The Hall–Kier alpha value is -1.64. The molecule has 0 N–H and O–H groups in total. The van der Waals surface area contributed by atoms with Crippen LogP contribution in [0.5, 0.6) is 0 Å². The van der Waals surface area contributed by atoms with Crippen molar-refractivity contribution in [3.8, 4) is 0 Å². The number of esters is 1. The SMILES string of the molecule is CCC(=O)C(C(=O)OC)=C(C1=CCCCC1)C1=CCCCC1. The molecule has 0 bridgehead atoms. The van der Waals surface area contributed by atoms with Gasteiger partial charge in [-0.2, -0.15) is 0 Å². The van der Waals surface area contributed by atoms with Gasteiger partial charge in [0.1, 0.15) is 5.57 Å². The molecule has 22 heavy (non-hydrogen) atoms. The summed E-state index contributed by atoms with van der Waals surface area (Å²) in [5.74, 6) is -0.598. The van der Waals surface area contributed by atoms with Gasteiger partial charge in [-0.15, -0.1) is 0 Å². The molecule has 120 valence electrons. The summed E-state index contributed by atoms with van der Waals surface area (Å²) in [7, 11) is 1.35. The van der Waals surface area contributed by atoms with Crippen molar-refractivity contribution in [2.24, 2.45) is 0 Å². The maximum Gasteiger partial charge on any atom is 0.342 e. The minimum Gasteiger partial charge on any atom is -0.465 e. The molecule has 2 aliphatic carbocycles. The molecule has 0 saturated heterocycles. The average Bonchev–Trinajstić information content (AvgIpc) is 2.59. The van der Waals surface area contributed by atoms with E-state index in [1.54, 1.807) is 6.92 Å². The Bertz CT molecular complexity index is 489. The van der Waals surface area contributed by atoms with Crippen molar-refractivity contribution in [3.63, 3.8) is 0 Å². The van der Waals surface area contributed by atoms with Gasteiger partial charge in [0.25, 0.3) is 0 Å². The van der Waals surface area contributed by atoms with E-state index >= 15 is 0 Å². The summed E-state index contributed by atoms with van der Waals surface area (Å²) in [6, 6.07) is 0. The van der Waals surface area contributed by atoms with Gasteiger partial charge >= 0.3 is 5.97 Å². The van der Waals surface area contributed by atoms with Crippen molar-refractivity contribution in [1.82, 2.24) is 0 Å². The first-order chi connectivity index (χ1) is 10.7. The van der Waals surface area contributed by atoms with Crippen LogP contribution in [0.2, 0.25) is 0 Å². The maximum absolute atomic E-state index is 12.4. The predicted octanol–water partition coefficient (Wildman–Crippen LogP) is 4.44. The normalized spacial score (nSPS) is 18.1. The molecule has 0 unspecified atom stereocenters. The number of Topliss-reactive ketones (excluding diaryl/α,β-unsaturated/α-hetero) is 1. The quantitative estimate of drug-likeness (QED) is 0.326. The molecule has 0 aromatic rings. The Morgan fingerprint density at radius 1 is 1.00 bits per heavy atom. The summed E-state index contributed by atoms with van der Waals surface area (Å²) < 4.78 is 4.93. The fourth-order valence-corrected chi connectivity index (χ4v) is 3.29. The van der Waals surface area contributed by atoms with Gasteiger partial charge in [-0.3, -0.25) is 4.79 Å². The van der Waals surface area contributed by atoms with Crippen LogP contribution in [0, 0.1) is 0 Å². The number of rotatable bonds is 5. The number of hydrogen-bond acceptors (Lipinski definition) is 3. The molecule has 0 aromatic heterocycles. The molecule has 3 heteroatoms. The molecular formula is C19H26O3. The second kappa shape index (κ2) is 8.11. The van der Waals surface area contributed by atoms with Crippen LogP contribution in [0.4, 0.5) is 0 Å². The first kappa shape index (κ1) is 16.7. The molecule has 0 spiro atoms. The first-order valence-corrected chi connectivity index (χ1v) is 8.43. The third-order valence-corrected chi connectivity index (χ3v) is 4.46. The van der Waals surface area contributed by atoms with Crippen LogP contribution in [-0.2, 0) is 14.3 Å². The Morgan fingerprint density at radius 2 is 1.55 bits per heavy atom. The van der Waals surface area contributed by atoms with E-state index in [1.165, 1.54) is 31.1 Å². The topological polar surface area (TPSA) is 43.4 Å². The van der Waals surface area contributed by atoms with Crippen molar-refractivity contribution in [3.05, 3.63) is 34.4 Å². The van der Waals surface area contributed by atoms with Gasteiger partial charge in [0.15, 0.2) is 5.78 Å². The lowest BCUT2D eigenvalue weighted by Gasteiger charge is -2.23. The lowest BCUT2D eigenvalue weighted by molar-refractivity contribution is -0.137. The van der Waals surface area contributed by atoms with E-state index in [2.05, 4.69) is 12.2 Å². The van der Waals surface area contributed by atoms with E-state index in [9.17, 15) is 9.59 Å². The minimum atomic E-state index is -0.486. The third-order valence-electron chi connectivity index (χ3n) is 4.46. The monoisotopic (exact) mass is 302 g/mol. The molecule has 0 aromatic carbocycles. The Morgan fingerprint density at radius 3 is 1.91 bits per heavy atom. The summed E-state index contributed by atoms with van der Waals surface area (Å²) in [5.41, 5.74) is 3.49. The highest BCUT2D eigenvalue weighted by molar-refractivity contribution is 6.19. The fraction of sp³-hybridized carbons (Fsp3) is 0.579. The number of allylic oxidation sites excluding steroid dienone is 5. The first-order valence-electron chi connectivity index (χ1n) is 8.43. The summed E-state index contributed by atoms with van der Waals surface area (Å²) in [4.78, 5) is 24.7. The molecule has 0 heterocycles. The minimum absolute atomic E-state index is 0.111. The Kier molecular flexibility index (Phi) is 6.17. The Balaban J connectivity index is 2.58. The molecule has 2 rings (SSSR count). The zero-order valence-electron chi connectivity index (χ0n) is 13.7. The van der Waals surface area contributed by atoms with Gasteiger partial charge < -0.3 is 4.74 Å². The number of carbonyl (C=O) groups is 2. The number of carbonyl (C=O) groups excluding carboxylic acids is 2. The molecule has 0 atom stereocenters. The highest BCUT2D eigenvalue weighted by Gasteiger charge is 2.27. The Labute approximate surface area is 133 Å². The van der Waals surface area contributed by atoms with E-state index < -0.39 is 5.97 Å². The fourth-order valence-electron chi connectivity index (χ4n) is 3.29. The zero-order valence-corrected chi connectivity index (χ0v) is 13.7. The molecule has 2 aliphatic rings. The van der Waals surface area contributed by atoms with Gasteiger partial charge in [-0.25, -0.2) is 4.79 Å². The molecule has 0 radical (unpaired) electrons. The molecule has 3 nitrogen and oxygen atoms in total. The van der Waals surface area contributed by atoms with Gasteiger partial charge in [0.2, 0.25) is 0 Å². The van der Waals surface area contributed by atoms with Crippen LogP contribution >= 0.6 is 0 Å². The van der Waals surface area contributed by atoms with Crippen molar-refractivity contribution >= 4 is 11.8 Å². The second-order valence-electron chi connectivity index (χ2n) is 5.97. The van der Waals surface area contributed by atoms with Gasteiger partial charge in [-0.1, -0.05) is 19.1 Å². The van der Waals surface area contributed by atoms with E-state index in [0.29, 0.717) is 6.42 Å². The smallest absolute Gasteiger partial charge is 0.342 e. The van der Waals surface area contributed by atoms with E-state index in [4.69, 9.17) is 4.74 Å². The standard InChI is InChI=1S/C19H26O3/c1-3-16(20)18(19(21)22-2)17(14-10-6-4-7-11-14)15-12-8-5-9-13-15/h10,12H,3-9,11,13H2,1-2H3. The van der Waals surface area contributed by atoms with Crippen molar-refractivity contribution in [1.29, 1.82) is 0 Å². The van der Waals surface area contributed by atoms with Gasteiger partial charge in [-0.05, 0) is 68.1 Å². The zero-order chi connectivity index (χ0) is 15.9. The summed E-state index contributed by atoms with van der Waals surface area (Å²) >= 11 is 0. The van der Waals surface area contributed by atoms with Crippen molar-refractivity contribution < 1.29 is 14.3 Å². The van der Waals surface area contributed by atoms with E-state index in [1.807, 2.05) is 0 Å². The summed E-state index contributed by atoms with van der Waals surface area (Å²) in [6.07, 6.45) is 13.3. The van der Waals surface area contributed by atoms with Crippen LogP contribution in [0.1, 0.15) is 64.7 Å². The average molecular weight is 302 g/mol. The highest BCUT2D eigenvalue weighted by atomic mass is 16.5. The largest absolute Gasteiger partial charge is 0.465 e. The molecular weight excluding hydrogens is 276 g/mol. The van der Waals surface area contributed by atoms with Crippen LogP contribution in [0.15, 0.2) is 34.4 Å². The third kappa shape index (κ3) is 3.76. The maximum atomic E-state index is 12.4. The van der Waals surface area contributed by atoms with Gasteiger partial charge in [0.05, 0.1) is 7.11 Å². The number of hydrogen-bond donors (Lipinski definition) is 0. The predicted molar refractivity (Wildman–Crippen MR) is 87.4 cm³/mol. The summed E-state index contributed by atoms with van der Waals surface area (Å²) in [6.45, 7) is 1.80. The number of ether oxygens (including phenoxy) is 1. The summed E-state index contributed by atoms with van der Waals surface area (Å²) in [5, 5.41) is 0. The van der Waals surface area contributed by atoms with Crippen LogP contribution in [-0.4, -0.2) is 18.9 Å². The van der Waals surface area contributed by atoms with Crippen LogP contribution < -0.4 is 0 Å². The van der Waals surface area contributed by atoms with E-state index in [0.717, 1.165) is 44.1 Å².